The van der Waals surface area contributed by atoms with Gasteiger partial charge in [-0.05, 0) is 18.3 Å². The smallest absolute Gasteiger partial charge is 0.402 e. The molecule has 0 saturated heterocycles. The van der Waals surface area contributed by atoms with Crippen LogP contribution in [0.3, 0.4) is 0 Å². The maximum Gasteiger partial charge on any atom is 0.402 e. The third kappa shape index (κ3) is 8.35. The summed E-state index contributed by atoms with van der Waals surface area (Å²) in [5.74, 6) is 1.62. The normalized spacial score (nSPS) is 23.5. The Labute approximate surface area is 86.9 Å². The average molecular weight is 214 g/mol. The highest BCUT2D eigenvalue weighted by atomic mass is 16.4. The highest BCUT2D eigenvalue weighted by Crippen LogP contribution is 2.31. The van der Waals surface area contributed by atoms with Crippen molar-refractivity contribution in [2.75, 3.05) is 0 Å². The average Bonchev–Trinajstić information content (AvgIpc) is 2.62. The van der Waals surface area contributed by atoms with E-state index in [1.807, 2.05) is 0 Å². The molecule has 15 heavy (non-hydrogen) atoms. The first-order valence-corrected chi connectivity index (χ1v) is 4.25. The molecule has 2 aliphatic rings. The molecule has 6 nitrogen and oxygen atoms in total. The standard InChI is InChI=1S/C7H8.2CH3NO2/c1-2-7-4-3-6(1)5-7;2*2-1(3)4/h1-4,6-7H,5H2;2*2H2,(H,3,4). The fraction of sp³-hybridized carbons (Fsp3) is 0.333. The summed E-state index contributed by atoms with van der Waals surface area (Å²) in [5, 5.41) is 14.4. The van der Waals surface area contributed by atoms with Crippen LogP contribution in [0.2, 0.25) is 0 Å². The van der Waals surface area contributed by atoms with Crippen molar-refractivity contribution < 1.29 is 19.8 Å². The zero-order valence-electron chi connectivity index (χ0n) is 8.04. The second kappa shape index (κ2) is 6.47. The molecule has 0 aromatic rings. The first-order chi connectivity index (χ1) is 6.91. The van der Waals surface area contributed by atoms with Gasteiger partial charge in [0.1, 0.15) is 0 Å². The van der Waals surface area contributed by atoms with Crippen molar-refractivity contribution in [3.63, 3.8) is 0 Å². The van der Waals surface area contributed by atoms with E-state index >= 15 is 0 Å². The van der Waals surface area contributed by atoms with Crippen LogP contribution < -0.4 is 11.5 Å². The molecular weight excluding hydrogens is 200 g/mol. The second-order valence-electron chi connectivity index (χ2n) is 3.01. The van der Waals surface area contributed by atoms with E-state index in [1.165, 1.54) is 6.42 Å². The number of rotatable bonds is 0. The molecule has 0 unspecified atom stereocenters. The molecule has 2 amide bonds. The van der Waals surface area contributed by atoms with Crippen LogP contribution in [0.15, 0.2) is 24.3 Å². The van der Waals surface area contributed by atoms with Crippen LogP contribution in [0.25, 0.3) is 0 Å². The van der Waals surface area contributed by atoms with Gasteiger partial charge in [0, 0.05) is 0 Å². The lowest BCUT2D eigenvalue weighted by molar-refractivity contribution is 0.204. The van der Waals surface area contributed by atoms with Crippen molar-refractivity contribution in [2.24, 2.45) is 23.3 Å². The van der Waals surface area contributed by atoms with Gasteiger partial charge < -0.3 is 21.7 Å². The van der Waals surface area contributed by atoms with E-state index in [2.05, 4.69) is 35.8 Å². The molecule has 0 aromatic heterocycles. The Balaban J connectivity index is 0.000000216. The SMILES string of the molecule is C1=CC2C=CC1C2.NC(=O)O.NC(=O)O. The number of hydrogen-bond donors (Lipinski definition) is 4. The summed E-state index contributed by atoms with van der Waals surface area (Å²) in [6, 6.07) is 0. The van der Waals surface area contributed by atoms with E-state index in [0.29, 0.717) is 0 Å². The van der Waals surface area contributed by atoms with Crippen LogP contribution in [0.1, 0.15) is 6.42 Å². The van der Waals surface area contributed by atoms with E-state index in [9.17, 15) is 0 Å². The fourth-order valence-electron chi connectivity index (χ4n) is 1.33. The number of carbonyl (C=O) groups is 2. The molecule has 0 spiro atoms. The van der Waals surface area contributed by atoms with E-state index in [1.54, 1.807) is 0 Å². The van der Waals surface area contributed by atoms with Crippen molar-refractivity contribution in [1.29, 1.82) is 0 Å². The highest BCUT2D eigenvalue weighted by molar-refractivity contribution is 5.61. The van der Waals surface area contributed by atoms with Gasteiger partial charge in [0.25, 0.3) is 0 Å². The molecule has 2 rings (SSSR count). The predicted molar refractivity (Wildman–Crippen MR) is 54.3 cm³/mol. The lowest BCUT2D eigenvalue weighted by atomic mass is 10.2. The second-order valence-corrected chi connectivity index (χ2v) is 3.01. The first kappa shape index (κ1) is 13.0. The van der Waals surface area contributed by atoms with E-state index in [0.717, 1.165) is 11.8 Å². The maximum absolute atomic E-state index is 8.78. The number of fused-ring (bicyclic) bond motifs is 2. The van der Waals surface area contributed by atoms with Crippen molar-refractivity contribution in [1.82, 2.24) is 0 Å². The van der Waals surface area contributed by atoms with Gasteiger partial charge in [-0.15, -0.1) is 0 Å². The minimum atomic E-state index is -1.33. The number of nitrogens with two attached hydrogens (primary N) is 2. The molecule has 0 heterocycles. The summed E-state index contributed by atoms with van der Waals surface area (Å²) in [4.78, 5) is 17.6. The van der Waals surface area contributed by atoms with E-state index in [4.69, 9.17) is 19.8 Å². The summed E-state index contributed by atoms with van der Waals surface area (Å²) in [6.45, 7) is 0. The van der Waals surface area contributed by atoms with Gasteiger partial charge in [-0.3, -0.25) is 0 Å². The highest BCUT2D eigenvalue weighted by Gasteiger charge is 2.19. The lowest BCUT2D eigenvalue weighted by Crippen LogP contribution is -2.03. The molecule has 0 aromatic carbocycles. The van der Waals surface area contributed by atoms with E-state index in [-0.39, 0.29) is 0 Å². The summed E-state index contributed by atoms with van der Waals surface area (Å²) < 4.78 is 0. The third-order valence-electron chi connectivity index (χ3n) is 1.76. The number of primary amides is 2. The van der Waals surface area contributed by atoms with Crippen LogP contribution in [0.5, 0.6) is 0 Å². The number of allylic oxidation sites excluding steroid dienone is 4. The number of amides is 2. The molecule has 6 heteroatoms. The zero-order chi connectivity index (χ0) is 11.8. The summed E-state index contributed by atoms with van der Waals surface area (Å²) in [6.07, 6.45) is 7.88. The van der Waals surface area contributed by atoms with Gasteiger partial charge in [0.15, 0.2) is 0 Å². The number of carboxylic acid groups (broad SMARTS) is 2. The topological polar surface area (TPSA) is 127 Å². The molecule has 0 saturated carbocycles. The van der Waals surface area contributed by atoms with Gasteiger partial charge >= 0.3 is 12.2 Å². The van der Waals surface area contributed by atoms with Crippen molar-refractivity contribution in [3.8, 4) is 0 Å². The summed E-state index contributed by atoms with van der Waals surface area (Å²) in [7, 11) is 0. The van der Waals surface area contributed by atoms with Crippen molar-refractivity contribution in [3.05, 3.63) is 24.3 Å². The van der Waals surface area contributed by atoms with Gasteiger partial charge in [-0.25, -0.2) is 9.59 Å². The summed E-state index contributed by atoms with van der Waals surface area (Å²) in [5.41, 5.74) is 8.06. The Bertz CT molecular complexity index is 238. The largest absolute Gasteiger partial charge is 0.465 e. The molecule has 84 valence electrons. The molecule has 0 radical (unpaired) electrons. The molecule has 2 aliphatic carbocycles. The maximum atomic E-state index is 8.78. The quantitative estimate of drug-likeness (QED) is 0.448. The Kier molecular flexibility index (Phi) is 5.62. The van der Waals surface area contributed by atoms with Crippen LogP contribution in [-0.4, -0.2) is 22.4 Å². The molecule has 0 aliphatic heterocycles. The van der Waals surface area contributed by atoms with Gasteiger partial charge in [0.2, 0.25) is 0 Å². The summed E-state index contributed by atoms with van der Waals surface area (Å²) >= 11 is 0. The minimum Gasteiger partial charge on any atom is -0.465 e. The van der Waals surface area contributed by atoms with Crippen LogP contribution >= 0.6 is 0 Å². The lowest BCUT2D eigenvalue weighted by Gasteiger charge is -1.88. The molecular formula is C9H14N2O4. The van der Waals surface area contributed by atoms with Gasteiger partial charge in [0.05, 0.1) is 0 Å². The Morgan fingerprint density at radius 3 is 1.20 bits per heavy atom. The Hall–Kier alpha value is -1.98. The fourth-order valence-corrected chi connectivity index (χ4v) is 1.33. The van der Waals surface area contributed by atoms with Crippen molar-refractivity contribution >= 4 is 12.2 Å². The predicted octanol–water partition coefficient (Wildman–Crippen LogP) is 0.995. The minimum absolute atomic E-state index is 0.810. The molecule has 2 bridgehead atoms. The van der Waals surface area contributed by atoms with Crippen LogP contribution in [-0.2, 0) is 0 Å². The van der Waals surface area contributed by atoms with Crippen molar-refractivity contribution in [2.45, 2.75) is 6.42 Å². The monoisotopic (exact) mass is 214 g/mol. The third-order valence-corrected chi connectivity index (χ3v) is 1.76. The molecule has 0 atom stereocenters. The van der Waals surface area contributed by atoms with Crippen LogP contribution in [0, 0.1) is 11.8 Å². The molecule has 0 fully saturated rings. The van der Waals surface area contributed by atoms with Gasteiger partial charge in [-0.2, -0.15) is 0 Å². The van der Waals surface area contributed by atoms with E-state index < -0.39 is 12.2 Å². The van der Waals surface area contributed by atoms with Gasteiger partial charge in [-0.1, -0.05) is 24.3 Å². The Morgan fingerprint density at radius 2 is 1.13 bits per heavy atom. The Morgan fingerprint density at radius 1 is 0.933 bits per heavy atom. The zero-order valence-corrected chi connectivity index (χ0v) is 8.04. The first-order valence-electron chi connectivity index (χ1n) is 4.25. The number of hydrogen-bond acceptors (Lipinski definition) is 2. The molecule has 6 N–H and O–H groups in total. The van der Waals surface area contributed by atoms with Crippen LogP contribution in [0.4, 0.5) is 9.59 Å².